The van der Waals surface area contributed by atoms with E-state index in [9.17, 15) is 13.2 Å². The molecule has 0 radical (unpaired) electrons. The van der Waals surface area contributed by atoms with Crippen LogP contribution in [-0.2, 0) is 10.0 Å². The third-order valence-corrected chi connectivity index (χ3v) is 4.82. The molecule has 2 N–H and O–H groups in total. The van der Waals surface area contributed by atoms with Crippen LogP contribution in [0.25, 0.3) is 0 Å². The van der Waals surface area contributed by atoms with Gasteiger partial charge >= 0.3 is 0 Å². The van der Waals surface area contributed by atoms with Crippen LogP contribution in [0.4, 0.5) is 5.69 Å². The molecule has 0 aliphatic heterocycles. The van der Waals surface area contributed by atoms with Crippen molar-refractivity contribution in [3.8, 4) is 11.5 Å². The van der Waals surface area contributed by atoms with Crippen LogP contribution in [0.2, 0.25) is 0 Å². The predicted molar refractivity (Wildman–Crippen MR) is 100 cm³/mol. The standard InChI is InChI=1S/C18H22N2O5S/c1-3-26(22,23)20-15-6-4-14(5-7-15)18(21)19-12-13-25-17-10-8-16(24-2)9-11-17/h4-11,20H,3,12-13H2,1-2H3,(H,19,21). The number of hydrogen-bond donors (Lipinski definition) is 2. The SMILES string of the molecule is CCS(=O)(=O)Nc1ccc(C(=O)NCCOc2ccc(OC)cc2)cc1. The van der Waals surface area contributed by atoms with Crippen LogP contribution in [0.3, 0.4) is 0 Å². The second-order valence-corrected chi connectivity index (χ2v) is 7.37. The number of anilines is 1. The maximum Gasteiger partial charge on any atom is 0.251 e. The van der Waals surface area contributed by atoms with Crippen molar-refractivity contribution in [2.24, 2.45) is 0 Å². The molecule has 0 unspecified atom stereocenters. The summed E-state index contributed by atoms with van der Waals surface area (Å²) in [6.45, 7) is 2.22. The zero-order valence-corrected chi connectivity index (χ0v) is 15.5. The first-order chi connectivity index (χ1) is 12.4. The molecule has 2 aromatic carbocycles. The summed E-state index contributed by atoms with van der Waals surface area (Å²) in [7, 11) is -1.74. The summed E-state index contributed by atoms with van der Waals surface area (Å²) in [5.41, 5.74) is 0.861. The number of benzene rings is 2. The van der Waals surface area contributed by atoms with Crippen LogP contribution >= 0.6 is 0 Å². The van der Waals surface area contributed by atoms with Crippen molar-refractivity contribution in [1.29, 1.82) is 0 Å². The van der Waals surface area contributed by atoms with Gasteiger partial charge in [-0.2, -0.15) is 0 Å². The Labute approximate surface area is 153 Å². The number of methoxy groups -OCH3 is 1. The smallest absolute Gasteiger partial charge is 0.251 e. The van der Waals surface area contributed by atoms with Gasteiger partial charge < -0.3 is 14.8 Å². The largest absolute Gasteiger partial charge is 0.497 e. The fraction of sp³-hybridized carbons (Fsp3) is 0.278. The molecule has 0 fully saturated rings. The zero-order chi connectivity index (χ0) is 19.0. The molecule has 0 saturated carbocycles. The normalized spacial score (nSPS) is 10.8. The first kappa shape index (κ1) is 19.6. The van der Waals surface area contributed by atoms with Crippen molar-refractivity contribution in [1.82, 2.24) is 5.32 Å². The zero-order valence-electron chi connectivity index (χ0n) is 14.7. The molecule has 2 aromatic rings. The van der Waals surface area contributed by atoms with Gasteiger partial charge in [0.25, 0.3) is 5.91 Å². The average Bonchev–Trinajstić information content (AvgIpc) is 2.66. The molecule has 140 valence electrons. The van der Waals surface area contributed by atoms with Gasteiger partial charge in [-0.3, -0.25) is 9.52 Å². The highest BCUT2D eigenvalue weighted by molar-refractivity contribution is 7.92. The number of ether oxygens (including phenoxy) is 2. The van der Waals surface area contributed by atoms with Crippen molar-refractivity contribution >= 4 is 21.6 Å². The highest BCUT2D eigenvalue weighted by Gasteiger charge is 2.08. The van der Waals surface area contributed by atoms with Gasteiger partial charge in [0.1, 0.15) is 18.1 Å². The van der Waals surface area contributed by atoms with Gasteiger partial charge in [-0.1, -0.05) is 0 Å². The minimum absolute atomic E-state index is 0.0105. The summed E-state index contributed by atoms with van der Waals surface area (Å²) < 4.78 is 36.0. The molecule has 0 atom stereocenters. The van der Waals surface area contributed by atoms with E-state index in [-0.39, 0.29) is 11.7 Å². The van der Waals surface area contributed by atoms with E-state index in [2.05, 4.69) is 10.0 Å². The van der Waals surface area contributed by atoms with Crippen LogP contribution < -0.4 is 19.5 Å². The van der Waals surface area contributed by atoms with Crippen molar-refractivity contribution in [2.75, 3.05) is 30.7 Å². The molecular weight excluding hydrogens is 356 g/mol. The van der Waals surface area contributed by atoms with E-state index in [1.165, 1.54) is 0 Å². The molecule has 8 heteroatoms. The molecule has 0 heterocycles. The molecule has 2 rings (SSSR count). The molecule has 0 saturated heterocycles. The molecule has 0 spiro atoms. The van der Waals surface area contributed by atoms with Gasteiger partial charge in [0, 0.05) is 11.3 Å². The lowest BCUT2D eigenvalue weighted by atomic mass is 10.2. The first-order valence-corrected chi connectivity index (χ1v) is 9.74. The number of amides is 1. The summed E-state index contributed by atoms with van der Waals surface area (Å²) in [6, 6.07) is 13.4. The lowest BCUT2D eigenvalue weighted by Gasteiger charge is -2.09. The van der Waals surface area contributed by atoms with Gasteiger partial charge in [-0.25, -0.2) is 8.42 Å². The average molecular weight is 378 g/mol. The first-order valence-electron chi connectivity index (χ1n) is 8.09. The van der Waals surface area contributed by atoms with Gasteiger partial charge in [0.2, 0.25) is 10.0 Å². The molecule has 26 heavy (non-hydrogen) atoms. The molecular formula is C18H22N2O5S. The molecule has 0 aliphatic carbocycles. The van der Waals surface area contributed by atoms with Crippen LogP contribution in [0.5, 0.6) is 11.5 Å². The van der Waals surface area contributed by atoms with E-state index < -0.39 is 10.0 Å². The number of carbonyl (C=O) groups is 1. The second-order valence-electron chi connectivity index (χ2n) is 5.36. The number of sulfonamides is 1. The number of nitrogens with one attached hydrogen (secondary N) is 2. The summed E-state index contributed by atoms with van der Waals surface area (Å²) in [5.74, 6) is 1.17. The van der Waals surface area contributed by atoms with E-state index in [0.29, 0.717) is 30.2 Å². The Morgan fingerprint density at radius 3 is 2.19 bits per heavy atom. The molecule has 0 aromatic heterocycles. The monoisotopic (exact) mass is 378 g/mol. The third kappa shape index (κ3) is 5.96. The fourth-order valence-electron chi connectivity index (χ4n) is 2.05. The van der Waals surface area contributed by atoms with Crippen LogP contribution in [-0.4, -0.2) is 40.3 Å². The summed E-state index contributed by atoms with van der Waals surface area (Å²) in [6.07, 6.45) is 0. The van der Waals surface area contributed by atoms with Crippen LogP contribution in [0.15, 0.2) is 48.5 Å². The maximum absolute atomic E-state index is 12.1. The summed E-state index contributed by atoms with van der Waals surface area (Å²) in [5, 5.41) is 2.74. The fourth-order valence-corrected chi connectivity index (χ4v) is 2.69. The number of carbonyl (C=O) groups excluding carboxylic acids is 1. The van der Waals surface area contributed by atoms with Gasteiger partial charge in [-0.15, -0.1) is 0 Å². The Hall–Kier alpha value is -2.74. The molecule has 0 bridgehead atoms. The Bertz CT molecular complexity index is 818. The van der Waals surface area contributed by atoms with E-state index in [1.807, 2.05) is 0 Å². The van der Waals surface area contributed by atoms with Gasteiger partial charge in [-0.05, 0) is 55.5 Å². The second kappa shape index (κ2) is 9.10. The minimum Gasteiger partial charge on any atom is -0.497 e. The highest BCUT2D eigenvalue weighted by Crippen LogP contribution is 2.16. The van der Waals surface area contributed by atoms with E-state index in [0.717, 1.165) is 5.75 Å². The lowest BCUT2D eigenvalue weighted by molar-refractivity contribution is 0.0947. The van der Waals surface area contributed by atoms with Crippen molar-refractivity contribution in [3.05, 3.63) is 54.1 Å². The maximum atomic E-state index is 12.1. The Morgan fingerprint density at radius 2 is 1.62 bits per heavy atom. The molecule has 7 nitrogen and oxygen atoms in total. The van der Waals surface area contributed by atoms with E-state index >= 15 is 0 Å². The molecule has 1 amide bonds. The Balaban J connectivity index is 1.78. The third-order valence-electron chi connectivity index (χ3n) is 3.52. The van der Waals surface area contributed by atoms with Crippen LogP contribution in [0, 0.1) is 0 Å². The van der Waals surface area contributed by atoms with Crippen molar-refractivity contribution in [3.63, 3.8) is 0 Å². The van der Waals surface area contributed by atoms with E-state index in [4.69, 9.17) is 9.47 Å². The van der Waals surface area contributed by atoms with Crippen molar-refractivity contribution in [2.45, 2.75) is 6.92 Å². The summed E-state index contributed by atoms with van der Waals surface area (Å²) in [4.78, 5) is 12.1. The topological polar surface area (TPSA) is 93.7 Å². The summed E-state index contributed by atoms with van der Waals surface area (Å²) >= 11 is 0. The van der Waals surface area contributed by atoms with Crippen LogP contribution in [0.1, 0.15) is 17.3 Å². The van der Waals surface area contributed by atoms with E-state index in [1.54, 1.807) is 62.6 Å². The number of rotatable bonds is 9. The molecule has 0 aliphatic rings. The Morgan fingerprint density at radius 1 is 1.00 bits per heavy atom. The van der Waals surface area contributed by atoms with Crippen molar-refractivity contribution < 1.29 is 22.7 Å². The quantitative estimate of drug-likeness (QED) is 0.653. The number of hydrogen-bond acceptors (Lipinski definition) is 5. The lowest BCUT2D eigenvalue weighted by Crippen LogP contribution is -2.28. The van der Waals surface area contributed by atoms with Gasteiger partial charge in [0.05, 0.1) is 19.4 Å². The highest BCUT2D eigenvalue weighted by atomic mass is 32.2. The minimum atomic E-state index is -3.33. The predicted octanol–water partition coefficient (Wildman–Crippen LogP) is 2.27. The Kier molecular flexibility index (Phi) is 6.85. The van der Waals surface area contributed by atoms with Gasteiger partial charge in [0.15, 0.2) is 0 Å².